The van der Waals surface area contributed by atoms with Gasteiger partial charge in [0.15, 0.2) is 6.61 Å². The molecule has 5 nitrogen and oxygen atoms in total. The highest BCUT2D eigenvalue weighted by atomic mass is 32.1. The molecule has 1 fully saturated rings. The van der Waals surface area contributed by atoms with E-state index in [4.69, 9.17) is 4.74 Å². The summed E-state index contributed by atoms with van der Waals surface area (Å²) in [4.78, 5) is 29.1. The number of hydrogen-bond acceptors (Lipinski definition) is 4. The van der Waals surface area contributed by atoms with Crippen LogP contribution < -0.4 is 4.74 Å². The molecule has 6 heteroatoms. The number of piperazine rings is 1. The lowest BCUT2D eigenvalue weighted by molar-refractivity contribution is -0.134. The predicted octanol–water partition coefficient (Wildman–Crippen LogP) is 2.60. The number of thiophene rings is 1. The largest absolute Gasteiger partial charge is 0.484 e. The third-order valence-electron chi connectivity index (χ3n) is 5.08. The summed E-state index contributed by atoms with van der Waals surface area (Å²) in [5, 5.41) is 1.91. The van der Waals surface area contributed by atoms with Crippen molar-refractivity contribution in [1.29, 1.82) is 0 Å². The molecule has 0 saturated carbocycles. The molecule has 1 aliphatic heterocycles. The van der Waals surface area contributed by atoms with Gasteiger partial charge in [-0.05, 0) is 54.0 Å². The SMILES string of the molecule is O=C(COc1ccc2c(c1)CCC2)N1CCN(C(=O)c2cccs2)CC1. The zero-order chi connectivity index (χ0) is 17.9. The fourth-order valence-electron chi connectivity index (χ4n) is 3.59. The van der Waals surface area contributed by atoms with Crippen LogP contribution in [0.4, 0.5) is 0 Å². The van der Waals surface area contributed by atoms with Crippen LogP contribution in [-0.4, -0.2) is 54.4 Å². The lowest BCUT2D eigenvalue weighted by atomic mass is 10.1. The summed E-state index contributed by atoms with van der Waals surface area (Å²) < 4.78 is 5.71. The Morgan fingerprint density at radius 1 is 1.00 bits per heavy atom. The van der Waals surface area contributed by atoms with Gasteiger partial charge in [0.2, 0.25) is 0 Å². The highest BCUT2D eigenvalue weighted by Gasteiger charge is 2.25. The number of hydrogen-bond donors (Lipinski definition) is 0. The maximum Gasteiger partial charge on any atom is 0.264 e. The van der Waals surface area contributed by atoms with E-state index in [0.29, 0.717) is 26.2 Å². The average Bonchev–Trinajstić information content (AvgIpc) is 3.37. The monoisotopic (exact) mass is 370 g/mol. The third-order valence-corrected chi connectivity index (χ3v) is 5.94. The van der Waals surface area contributed by atoms with Gasteiger partial charge in [-0.3, -0.25) is 9.59 Å². The zero-order valence-corrected chi connectivity index (χ0v) is 15.5. The fourth-order valence-corrected chi connectivity index (χ4v) is 4.28. The van der Waals surface area contributed by atoms with Gasteiger partial charge in [-0.2, -0.15) is 0 Å². The van der Waals surface area contributed by atoms with Crippen LogP contribution in [0.3, 0.4) is 0 Å². The van der Waals surface area contributed by atoms with Crippen molar-refractivity contribution >= 4 is 23.2 Å². The first-order valence-corrected chi connectivity index (χ1v) is 9.94. The molecule has 4 rings (SSSR count). The van der Waals surface area contributed by atoms with Crippen LogP contribution in [0.15, 0.2) is 35.7 Å². The normalized spacial score (nSPS) is 16.5. The van der Waals surface area contributed by atoms with Crippen molar-refractivity contribution in [3.8, 4) is 5.75 Å². The van der Waals surface area contributed by atoms with E-state index in [-0.39, 0.29) is 18.4 Å². The summed E-state index contributed by atoms with van der Waals surface area (Å²) in [6, 6.07) is 9.85. The molecular formula is C20H22N2O3S. The van der Waals surface area contributed by atoms with Gasteiger partial charge in [0.1, 0.15) is 5.75 Å². The topological polar surface area (TPSA) is 49.9 Å². The van der Waals surface area contributed by atoms with Crippen molar-refractivity contribution in [2.24, 2.45) is 0 Å². The number of aryl methyl sites for hydroxylation is 2. The Bertz CT molecular complexity index is 795. The van der Waals surface area contributed by atoms with Gasteiger partial charge in [0.25, 0.3) is 11.8 Å². The Morgan fingerprint density at radius 2 is 1.77 bits per heavy atom. The van der Waals surface area contributed by atoms with Crippen LogP contribution in [0, 0.1) is 0 Å². The van der Waals surface area contributed by atoms with Gasteiger partial charge in [0, 0.05) is 26.2 Å². The summed E-state index contributed by atoms with van der Waals surface area (Å²) in [7, 11) is 0. The van der Waals surface area contributed by atoms with Crippen molar-refractivity contribution in [3.05, 3.63) is 51.7 Å². The number of nitrogens with zero attached hydrogens (tertiary/aromatic N) is 2. The van der Waals surface area contributed by atoms with Gasteiger partial charge in [-0.25, -0.2) is 0 Å². The molecule has 2 aromatic rings. The smallest absolute Gasteiger partial charge is 0.264 e. The van der Waals surface area contributed by atoms with Crippen LogP contribution in [0.5, 0.6) is 5.75 Å². The van der Waals surface area contributed by atoms with Crippen molar-refractivity contribution in [1.82, 2.24) is 9.80 Å². The number of amides is 2. The number of carbonyl (C=O) groups is 2. The van der Waals surface area contributed by atoms with Gasteiger partial charge >= 0.3 is 0 Å². The molecule has 0 bridgehead atoms. The third kappa shape index (κ3) is 3.60. The first-order chi connectivity index (χ1) is 12.7. The van der Waals surface area contributed by atoms with Crippen LogP contribution in [0.25, 0.3) is 0 Å². The molecule has 2 heterocycles. The van der Waals surface area contributed by atoms with E-state index in [0.717, 1.165) is 23.5 Å². The van der Waals surface area contributed by atoms with Crippen LogP contribution in [0.1, 0.15) is 27.2 Å². The zero-order valence-electron chi connectivity index (χ0n) is 14.6. The molecule has 0 N–H and O–H groups in total. The first kappa shape index (κ1) is 17.1. The van der Waals surface area contributed by atoms with E-state index < -0.39 is 0 Å². The second-order valence-electron chi connectivity index (χ2n) is 6.72. The fraction of sp³-hybridized carbons (Fsp3) is 0.400. The lowest BCUT2D eigenvalue weighted by Crippen LogP contribution is -2.51. The number of carbonyl (C=O) groups excluding carboxylic acids is 2. The highest BCUT2D eigenvalue weighted by Crippen LogP contribution is 2.26. The van der Waals surface area contributed by atoms with Gasteiger partial charge < -0.3 is 14.5 Å². The standard InChI is InChI=1S/C20H22N2O3S/c23-19(14-25-17-7-6-15-3-1-4-16(15)13-17)21-8-10-22(11-9-21)20(24)18-5-2-12-26-18/h2,5-7,12-13H,1,3-4,8-11,14H2. The van der Waals surface area contributed by atoms with Gasteiger partial charge in [0.05, 0.1) is 4.88 Å². The second kappa shape index (κ2) is 7.50. The molecule has 0 spiro atoms. The Kier molecular flexibility index (Phi) is 4.93. The second-order valence-corrected chi connectivity index (χ2v) is 7.67. The molecule has 26 heavy (non-hydrogen) atoms. The minimum atomic E-state index is -0.0197. The van der Waals surface area contributed by atoms with Crippen molar-refractivity contribution < 1.29 is 14.3 Å². The summed E-state index contributed by atoms with van der Waals surface area (Å²) in [6.07, 6.45) is 3.44. The van der Waals surface area contributed by atoms with E-state index >= 15 is 0 Å². The minimum absolute atomic E-state index is 0.0197. The quantitative estimate of drug-likeness (QED) is 0.831. The van der Waals surface area contributed by atoms with E-state index in [1.54, 1.807) is 4.90 Å². The van der Waals surface area contributed by atoms with Crippen LogP contribution in [-0.2, 0) is 17.6 Å². The maximum absolute atomic E-state index is 12.4. The number of fused-ring (bicyclic) bond motifs is 1. The maximum atomic E-state index is 12.4. The van der Waals surface area contributed by atoms with E-state index in [9.17, 15) is 9.59 Å². The Balaban J connectivity index is 1.26. The van der Waals surface area contributed by atoms with Gasteiger partial charge in [-0.1, -0.05) is 12.1 Å². The highest BCUT2D eigenvalue weighted by molar-refractivity contribution is 7.12. The summed E-state index contributed by atoms with van der Waals surface area (Å²) in [6.45, 7) is 2.31. The predicted molar refractivity (Wildman–Crippen MR) is 101 cm³/mol. The molecule has 1 saturated heterocycles. The molecule has 0 atom stereocenters. The van der Waals surface area contributed by atoms with Crippen molar-refractivity contribution in [2.75, 3.05) is 32.8 Å². The van der Waals surface area contributed by atoms with E-state index in [1.165, 1.54) is 28.9 Å². The molecule has 2 aliphatic rings. The molecular weight excluding hydrogens is 348 g/mol. The number of rotatable bonds is 4. The number of benzene rings is 1. The van der Waals surface area contributed by atoms with Gasteiger partial charge in [-0.15, -0.1) is 11.3 Å². The molecule has 0 radical (unpaired) electrons. The van der Waals surface area contributed by atoms with E-state index in [2.05, 4.69) is 12.1 Å². The number of ether oxygens (including phenoxy) is 1. The Hall–Kier alpha value is -2.34. The molecule has 2 amide bonds. The molecule has 1 aliphatic carbocycles. The van der Waals surface area contributed by atoms with Crippen LogP contribution in [0.2, 0.25) is 0 Å². The Labute approximate surface area is 157 Å². The summed E-state index contributed by atoms with van der Waals surface area (Å²) >= 11 is 1.45. The van der Waals surface area contributed by atoms with Crippen molar-refractivity contribution in [2.45, 2.75) is 19.3 Å². The molecule has 1 aromatic heterocycles. The van der Waals surface area contributed by atoms with Crippen LogP contribution >= 0.6 is 11.3 Å². The molecule has 136 valence electrons. The Morgan fingerprint density at radius 3 is 2.54 bits per heavy atom. The average molecular weight is 370 g/mol. The van der Waals surface area contributed by atoms with E-state index in [1.807, 2.05) is 28.5 Å². The first-order valence-electron chi connectivity index (χ1n) is 9.06. The lowest BCUT2D eigenvalue weighted by Gasteiger charge is -2.34. The minimum Gasteiger partial charge on any atom is -0.484 e. The summed E-state index contributed by atoms with van der Waals surface area (Å²) in [5.74, 6) is 0.806. The summed E-state index contributed by atoms with van der Waals surface area (Å²) in [5.41, 5.74) is 2.74. The molecule has 1 aromatic carbocycles. The molecule has 0 unspecified atom stereocenters. The van der Waals surface area contributed by atoms with Crippen molar-refractivity contribution in [3.63, 3.8) is 0 Å².